The molecule has 0 saturated heterocycles. The molecule has 4 amide bonds. The Morgan fingerprint density at radius 3 is 2.46 bits per heavy atom. The quantitative estimate of drug-likeness (QED) is 0.166. The number of carboxylic acid groups (broad SMARTS) is 1. The lowest BCUT2D eigenvalue weighted by molar-refractivity contribution is -0.141. The summed E-state index contributed by atoms with van der Waals surface area (Å²) in [6, 6.07) is 3.90. The first kappa shape index (κ1) is 27.7. The highest BCUT2D eigenvalue weighted by Crippen LogP contribution is 2.19. The lowest BCUT2D eigenvalue weighted by atomic mass is 10.0. The maximum Gasteiger partial charge on any atom is 0.326 e. The number of aromatic amines is 1. The van der Waals surface area contributed by atoms with E-state index in [1.807, 2.05) is 30.5 Å². The third-order valence-corrected chi connectivity index (χ3v) is 5.81. The van der Waals surface area contributed by atoms with Crippen molar-refractivity contribution in [3.05, 3.63) is 36.0 Å². The Kier molecular flexibility index (Phi) is 10.5. The number of aromatic nitrogens is 1. The molecule has 0 radical (unpaired) electrons. The van der Waals surface area contributed by atoms with Crippen LogP contribution in [0.5, 0.6) is 0 Å². The zero-order valence-corrected chi connectivity index (χ0v) is 20.0. The Bertz CT molecular complexity index is 1070. The molecule has 0 saturated carbocycles. The number of amides is 4. The van der Waals surface area contributed by atoms with E-state index in [4.69, 9.17) is 11.5 Å². The second-order valence-corrected chi connectivity index (χ2v) is 8.84. The van der Waals surface area contributed by atoms with Crippen molar-refractivity contribution < 1.29 is 29.1 Å². The van der Waals surface area contributed by atoms with E-state index in [1.165, 1.54) is 11.8 Å². The minimum atomic E-state index is -1.32. The molecule has 9 N–H and O–H groups in total. The minimum Gasteiger partial charge on any atom is -0.480 e. The topological polar surface area (TPSA) is 209 Å². The normalized spacial score (nSPS) is 13.4. The van der Waals surface area contributed by atoms with Gasteiger partial charge in [0.15, 0.2) is 0 Å². The average molecular weight is 507 g/mol. The number of rotatable bonds is 14. The summed E-state index contributed by atoms with van der Waals surface area (Å²) in [5, 5.41) is 17.4. The molecule has 0 spiro atoms. The van der Waals surface area contributed by atoms with Gasteiger partial charge in [0.2, 0.25) is 23.6 Å². The molecule has 0 aliphatic rings. The van der Waals surface area contributed by atoms with Gasteiger partial charge in [0, 0.05) is 23.5 Å². The number of carbonyl (C=O) groups excluding carboxylic acids is 4. The smallest absolute Gasteiger partial charge is 0.326 e. The van der Waals surface area contributed by atoms with Crippen molar-refractivity contribution in [3.8, 4) is 0 Å². The van der Waals surface area contributed by atoms with Gasteiger partial charge in [-0.1, -0.05) is 18.2 Å². The summed E-state index contributed by atoms with van der Waals surface area (Å²) in [7, 11) is 0. The number of carboxylic acids is 1. The van der Waals surface area contributed by atoms with Crippen LogP contribution in [0.2, 0.25) is 0 Å². The van der Waals surface area contributed by atoms with Crippen LogP contribution in [-0.4, -0.2) is 76.4 Å². The van der Waals surface area contributed by atoms with Crippen LogP contribution in [0.3, 0.4) is 0 Å². The number of nitrogens with two attached hydrogens (primary N) is 2. The van der Waals surface area contributed by atoms with Crippen molar-refractivity contribution in [2.75, 3.05) is 18.6 Å². The van der Waals surface area contributed by atoms with Gasteiger partial charge < -0.3 is 37.5 Å². The molecule has 0 fully saturated rings. The van der Waals surface area contributed by atoms with E-state index in [0.29, 0.717) is 17.7 Å². The van der Waals surface area contributed by atoms with Crippen LogP contribution in [0.1, 0.15) is 18.4 Å². The number of aliphatic carboxylic acids is 1. The fourth-order valence-electron chi connectivity index (χ4n) is 3.32. The molecule has 13 heteroatoms. The second-order valence-electron chi connectivity index (χ2n) is 7.86. The largest absolute Gasteiger partial charge is 0.480 e. The molecule has 35 heavy (non-hydrogen) atoms. The number of hydrogen-bond donors (Lipinski definition) is 7. The molecular formula is C22H30N6O6S. The highest BCUT2D eigenvalue weighted by Gasteiger charge is 2.27. The Balaban J connectivity index is 1.95. The van der Waals surface area contributed by atoms with Gasteiger partial charge >= 0.3 is 5.97 Å². The SMILES string of the molecule is CSCCC(N)C(=O)NC(CC(N)=O)C(=O)NCC(=O)NC(Cc1c[nH]c2ccccc12)C(=O)O. The molecule has 3 atom stereocenters. The summed E-state index contributed by atoms with van der Waals surface area (Å²) < 4.78 is 0. The number of fused-ring (bicyclic) bond motifs is 1. The third-order valence-electron chi connectivity index (χ3n) is 5.16. The number of benzene rings is 1. The maximum absolute atomic E-state index is 12.5. The molecule has 0 aliphatic heterocycles. The van der Waals surface area contributed by atoms with E-state index in [2.05, 4.69) is 20.9 Å². The van der Waals surface area contributed by atoms with Gasteiger partial charge in [-0.3, -0.25) is 19.2 Å². The molecule has 1 aromatic heterocycles. The predicted octanol–water partition coefficient (Wildman–Crippen LogP) is -1.16. The summed E-state index contributed by atoms with van der Waals surface area (Å²) in [4.78, 5) is 63.2. The van der Waals surface area contributed by atoms with Crippen molar-refractivity contribution in [2.24, 2.45) is 11.5 Å². The molecule has 0 aliphatic carbocycles. The average Bonchev–Trinajstić information content (AvgIpc) is 3.22. The van der Waals surface area contributed by atoms with Crippen LogP contribution >= 0.6 is 11.8 Å². The number of primary amides is 1. The highest BCUT2D eigenvalue weighted by molar-refractivity contribution is 7.98. The summed E-state index contributed by atoms with van der Waals surface area (Å²) in [6.07, 6.45) is 3.43. The Hall–Kier alpha value is -3.58. The van der Waals surface area contributed by atoms with Crippen molar-refractivity contribution in [3.63, 3.8) is 0 Å². The van der Waals surface area contributed by atoms with Gasteiger partial charge in [-0.05, 0) is 30.1 Å². The van der Waals surface area contributed by atoms with Crippen molar-refractivity contribution in [2.45, 2.75) is 37.4 Å². The van der Waals surface area contributed by atoms with Crippen molar-refractivity contribution >= 4 is 52.3 Å². The van der Waals surface area contributed by atoms with Crippen LogP contribution in [0.15, 0.2) is 30.5 Å². The maximum atomic E-state index is 12.5. The van der Waals surface area contributed by atoms with Crippen LogP contribution in [0, 0.1) is 0 Å². The third kappa shape index (κ3) is 8.61. The lowest BCUT2D eigenvalue weighted by Gasteiger charge is -2.20. The monoisotopic (exact) mass is 506 g/mol. The van der Waals surface area contributed by atoms with E-state index in [0.717, 1.165) is 10.9 Å². The van der Waals surface area contributed by atoms with Gasteiger partial charge in [-0.15, -0.1) is 0 Å². The molecule has 3 unspecified atom stereocenters. The number of hydrogen-bond acceptors (Lipinski definition) is 7. The van der Waals surface area contributed by atoms with E-state index >= 15 is 0 Å². The zero-order chi connectivity index (χ0) is 26.0. The minimum absolute atomic E-state index is 0.0212. The van der Waals surface area contributed by atoms with Crippen LogP contribution < -0.4 is 27.4 Å². The van der Waals surface area contributed by atoms with Gasteiger partial charge in [-0.25, -0.2) is 4.79 Å². The van der Waals surface area contributed by atoms with Crippen LogP contribution in [0.4, 0.5) is 0 Å². The summed E-state index contributed by atoms with van der Waals surface area (Å²) in [5.41, 5.74) is 12.5. The van der Waals surface area contributed by atoms with E-state index in [-0.39, 0.29) is 6.42 Å². The number of carbonyl (C=O) groups is 5. The lowest BCUT2D eigenvalue weighted by Crippen LogP contribution is -2.54. The summed E-state index contributed by atoms with van der Waals surface area (Å²) in [5.74, 6) is -3.66. The molecule has 12 nitrogen and oxygen atoms in total. The van der Waals surface area contributed by atoms with E-state index in [9.17, 15) is 29.1 Å². The number of thioether (sulfide) groups is 1. The molecule has 0 bridgehead atoms. The Labute approximate surface area is 205 Å². The van der Waals surface area contributed by atoms with Crippen molar-refractivity contribution in [1.82, 2.24) is 20.9 Å². The van der Waals surface area contributed by atoms with Gasteiger partial charge in [0.25, 0.3) is 0 Å². The zero-order valence-electron chi connectivity index (χ0n) is 19.2. The molecule has 2 rings (SSSR count). The number of H-pyrrole nitrogens is 1. The molecular weight excluding hydrogens is 476 g/mol. The fraction of sp³-hybridized carbons (Fsp3) is 0.409. The van der Waals surface area contributed by atoms with E-state index < -0.39 is 60.7 Å². The molecule has 1 heterocycles. The highest BCUT2D eigenvalue weighted by atomic mass is 32.2. The van der Waals surface area contributed by atoms with Gasteiger partial charge in [0.05, 0.1) is 19.0 Å². The Morgan fingerprint density at radius 1 is 1.09 bits per heavy atom. The Morgan fingerprint density at radius 2 is 1.80 bits per heavy atom. The van der Waals surface area contributed by atoms with Crippen LogP contribution in [0.25, 0.3) is 10.9 Å². The van der Waals surface area contributed by atoms with Gasteiger partial charge in [0.1, 0.15) is 12.1 Å². The first-order valence-electron chi connectivity index (χ1n) is 10.8. The van der Waals surface area contributed by atoms with Crippen LogP contribution in [-0.2, 0) is 30.4 Å². The molecule has 190 valence electrons. The van der Waals surface area contributed by atoms with E-state index in [1.54, 1.807) is 6.20 Å². The summed E-state index contributed by atoms with van der Waals surface area (Å²) >= 11 is 1.50. The number of para-hydroxylation sites is 1. The fourth-order valence-corrected chi connectivity index (χ4v) is 3.81. The van der Waals surface area contributed by atoms with Gasteiger partial charge in [-0.2, -0.15) is 11.8 Å². The first-order chi connectivity index (χ1) is 16.6. The first-order valence-corrected chi connectivity index (χ1v) is 12.2. The predicted molar refractivity (Wildman–Crippen MR) is 131 cm³/mol. The second kappa shape index (κ2) is 13.3. The molecule has 1 aromatic carbocycles. The van der Waals surface area contributed by atoms with Crippen molar-refractivity contribution in [1.29, 1.82) is 0 Å². The number of nitrogens with one attached hydrogen (secondary N) is 4. The standard InChI is InChI=1S/C22H30N6O6S/c1-35-7-6-14(23)20(31)28-16(9-18(24)29)21(32)26-11-19(30)27-17(22(33)34)8-12-10-25-15-5-3-2-4-13(12)15/h2-5,10,14,16-17,25H,6-9,11,23H2,1H3,(H2,24,29)(H,26,32)(H,27,30)(H,28,31)(H,33,34). The summed E-state index contributed by atoms with van der Waals surface area (Å²) in [6.45, 7) is -0.569. The molecule has 2 aromatic rings.